The molecule has 0 spiro atoms. The van der Waals surface area contributed by atoms with Gasteiger partial charge in [-0.05, 0) is 12.1 Å². The summed E-state index contributed by atoms with van der Waals surface area (Å²) in [5.74, 6) is 0. The van der Waals surface area contributed by atoms with Crippen molar-refractivity contribution in [2.45, 2.75) is 12.1 Å². The number of aliphatic hydroxyl groups excluding tert-OH is 1. The van der Waals surface area contributed by atoms with Gasteiger partial charge in [-0.3, -0.25) is 14.9 Å². The van der Waals surface area contributed by atoms with Crippen LogP contribution in [0.1, 0.15) is 6.04 Å². The molecule has 9 heteroatoms. The Morgan fingerprint density at radius 1 is 1.26 bits per heavy atom. The summed E-state index contributed by atoms with van der Waals surface area (Å²) in [4.78, 5) is 35.1. The summed E-state index contributed by atoms with van der Waals surface area (Å²) in [6, 6.07) is 4.91. The molecule has 0 aliphatic carbocycles. The van der Waals surface area contributed by atoms with E-state index >= 15 is 0 Å². The van der Waals surface area contributed by atoms with Crippen LogP contribution in [-0.2, 0) is 0 Å². The van der Waals surface area contributed by atoms with E-state index in [-0.39, 0.29) is 29.5 Å². The van der Waals surface area contributed by atoms with Crippen molar-refractivity contribution in [3.05, 3.63) is 50.9 Å². The minimum atomic E-state index is -1.17. The van der Waals surface area contributed by atoms with E-state index in [1.165, 1.54) is 35.0 Å². The third-order valence-corrected chi connectivity index (χ3v) is 4.03. The van der Waals surface area contributed by atoms with Crippen LogP contribution in [-0.4, -0.2) is 49.9 Å². The summed E-state index contributed by atoms with van der Waals surface area (Å²) in [5, 5.41) is 30.4. The lowest BCUT2D eigenvalue weighted by atomic mass is 10.1. The summed E-state index contributed by atoms with van der Waals surface area (Å²) >= 11 is 0. The fourth-order valence-corrected chi connectivity index (χ4v) is 2.90. The molecule has 9 nitrogen and oxygen atoms in total. The molecule has 0 radical (unpaired) electrons. The number of nitrogens with zero attached hydrogens (tertiary/aromatic N) is 3. The van der Waals surface area contributed by atoms with Crippen LogP contribution in [0, 0.1) is 10.1 Å². The van der Waals surface area contributed by atoms with Gasteiger partial charge in [0.2, 0.25) is 0 Å². The first-order valence-electron chi connectivity index (χ1n) is 6.84. The lowest BCUT2D eigenvalue weighted by Crippen LogP contribution is -2.31. The molecule has 1 aliphatic heterocycles. The van der Waals surface area contributed by atoms with Crippen molar-refractivity contribution in [3.8, 4) is 0 Å². The Kier molecular flexibility index (Phi) is 3.49. The Labute approximate surface area is 129 Å². The third kappa shape index (κ3) is 2.40. The normalized spacial score (nSPS) is 20.8. The molecule has 0 saturated carbocycles. The van der Waals surface area contributed by atoms with Gasteiger partial charge in [0, 0.05) is 18.8 Å². The Hall–Kier alpha value is -2.94. The van der Waals surface area contributed by atoms with Crippen molar-refractivity contribution in [2.24, 2.45) is 0 Å². The predicted molar refractivity (Wildman–Crippen MR) is 79.5 cm³/mol. The number of β-amino-alcohol motifs (C(OH)–C–C–N with tert-alkyl or cyclic N) is 1. The molecule has 0 bridgehead atoms. The number of hydrogen-bond donors (Lipinski definition) is 2. The number of aliphatic hydroxyl groups is 1. The number of amides is 1. The third-order valence-electron chi connectivity index (χ3n) is 4.03. The van der Waals surface area contributed by atoms with E-state index in [0.29, 0.717) is 0 Å². The van der Waals surface area contributed by atoms with Crippen LogP contribution < -0.4 is 5.56 Å². The Morgan fingerprint density at radius 2 is 2.00 bits per heavy atom. The molecular weight excluding hydrogens is 306 g/mol. The van der Waals surface area contributed by atoms with Crippen LogP contribution in [0.2, 0.25) is 0 Å². The highest BCUT2D eigenvalue weighted by atomic mass is 16.6. The fourth-order valence-electron chi connectivity index (χ4n) is 2.90. The van der Waals surface area contributed by atoms with E-state index in [4.69, 9.17) is 5.11 Å². The number of carboxylic acid groups (broad SMARTS) is 1. The molecule has 2 heterocycles. The number of rotatable bonds is 2. The maximum absolute atomic E-state index is 12.6. The molecule has 2 aromatic rings. The lowest BCUT2D eigenvalue weighted by molar-refractivity contribution is -0.383. The van der Waals surface area contributed by atoms with Gasteiger partial charge >= 0.3 is 6.09 Å². The van der Waals surface area contributed by atoms with E-state index in [1.54, 1.807) is 0 Å². The molecule has 1 amide bonds. The number of pyridine rings is 1. The van der Waals surface area contributed by atoms with Crippen LogP contribution in [0.15, 0.2) is 35.3 Å². The molecule has 2 unspecified atom stereocenters. The number of hydrogen-bond acceptors (Lipinski definition) is 5. The first-order valence-corrected chi connectivity index (χ1v) is 6.84. The minimum Gasteiger partial charge on any atom is -0.465 e. The second-order valence-corrected chi connectivity index (χ2v) is 5.35. The van der Waals surface area contributed by atoms with E-state index in [2.05, 4.69) is 0 Å². The summed E-state index contributed by atoms with van der Waals surface area (Å²) in [6.45, 7) is -0.101. The van der Waals surface area contributed by atoms with Crippen molar-refractivity contribution < 1.29 is 19.9 Å². The van der Waals surface area contributed by atoms with Crippen LogP contribution in [0.25, 0.3) is 10.8 Å². The van der Waals surface area contributed by atoms with Crippen LogP contribution in [0.3, 0.4) is 0 Å². The Balaban J connectivity index is 2.11. The van der Waals surface area contributed by atoms with Crippen LogP contribution >= 0.6 is 0 Å². The zero-order valence-corrected chi connectivity index (χ0v) is 11.8. The number of likely N-dealkylation sites (tertiary alicyclic amines) is 1. The number of benzene rings is 1. The standard InChI is InChI=1S/C14H13N3O6/c18-12-7-15(14(20)21)6-11(12)16-5-4-8-9(13(16)19)2-1-3-10(8)17(22)23/h1-5,11-12,18H,6-7H2,(H,20,21). The summed E-state index contributed by atoms with van der Waals surface area (Å²) in [6.07, 6.45) is -0.826. The van der Waals surface area contributed by atoms with Crippen molar-refractivity contribution >= 4 is 22.6 Å². The number of carbonyl (C=O) groups is 1. The van der Waals surface area contributed by atoms with E-state index in [1.807, 2.05) is 0 Å². The molecule has 3 rings (SSSR count). The predicted octanol–water partition coefficient (Wildman–Crippen LogP) is 0.805. The second-order valence-electron chi connectivity index (χ2n) is 5.35. The molecule has 1 aromatic heterocycles. The zero-order valence-electron chi connectivity index (χ0n) is 11.8. The molecule has 2 atom stereocenters. The lowest BCUT2D eigenvalue weighted by Gasteiger charge is -2.17. The molecule has 1 fully saturated rings. The molecule has 1 aliphatic rings. The van der Waals surface area contributed by atoms with Gasteiger partial charge in [0.05, 0.1) is 34.4 Å². The first kappa shape index (κ1) is 15.0. The number of nitro benzene ring substituents is 1. The van der Waals surface area contributed by atoms with Crippen molar-refractivity contribution in [2.75, 3.05) is 13.1 Å². The molecule has 1 aromatic carbocycles. The van der Waals surface area contributed by atoms with Crippen LogP contribution in [0.4, 0.5) is 10.5 Å². The SMILES string of the molecule is O=C(O)N1CC(O)C(n2ccc3c([N+](=O)[O-])cccc3c2=O)C1. The molecular formula is C14H13N3O6. The van der Waals surface area contributed by atoms with Gasteiger partial charge in [0.1, 0.15) is 0 Å². The van der Waals surface area contributed by atoms with Gasteiger partial charge < -0.3 is 19.7 Å². The topological polar surface area (TPSA) is 126 Å². The monoisotopic (exact) mass is 319 g/mol. The van der Waals surface area contributed by atoms with Gasteiger partial charge in [-0.15, -0.1) is 0 Å². The van der Waals surface area contributed by atoms with E-state index in [9.17, 15) is 24.8 Å². The second kappa shape index (κ2) is 5.36. The number of aromatic nitrogens is 1. The number of nitro groups is 1. The Morgan fingerprint density at radius 3 is 2.61 bits per heavy atom. The van der Waals surface area contributed by atoms with E-state index < -0.39 is 28.7 Å². The Bertz CT molecular complexity index is 861. The average molecular weight is 319 g/mol. The number of fused-ring (bicyclic) bond motifs is 1. The van der Waals surface area contributed by atoms with Crippen molar-refractivity contribution in [3.63, 3.8) is 0 Å². The molecule has 1 saturated heterocycles. The summed E-state index contributed by atoms with van der Waals surface area (Å²) in [7, 11) is 0. The molecule has 2 N–H and O–H groups in total. The van der Waals surface area contributed by atoms with Gasteiger partial charge in [-0.25, -0.2) is 4.79 Å². The highest BCUT2D eigenvalue weighted by Gasteiger charge is 2.35. The molecule has 23 heavy (non-hydrogen) atoms. The summed E-state index contributed by atoms with van der Waals surface area (Å²) in [5.41, 5.74) is -0.673. The van der Waals surface area contributed by atoms with Gasteiger partial charge in [-0.2, -0.15) is 0 Å². The maximum atomic E-state index is 12.6. The summed E-state index contributed by atoms with van der Waals surface area (Å²) < 4.78 is 1.24. The first-order chi connectivity index (χ1) is 10.9. The average Bonchev–Trinajstić information content (AvgIpc) is 2.89. The number of non-ortho nitro benzene ring substituents is 1. The van der Waals surface area contributed by atoms with Crippen molar-refractivity contribution in [1.82, 2.24) is 9.47 Å². The maximum Gasteiger partial charge on any atom is 0.407 e. The highest BCUT2D eigenvalue weighted by molar-refractivity contribution is 5.89. The van der Waals surface area contributed by atoms with Gasteiger partial charge in [-0.1, -0.05) is 6.07 Å². The quantitative estimate of drug-likeness (QED) is 0.623. The van der Waals surface area contributed by atoms with Gasteiger partial charge in [0.25, 0.3) is 11.2 Å². The van der Waals surface area contributed by atoms with Gasteiger partial charge in [0.15, 0.2) is 0 Å². The smallest absolute Gasteiger partial charge is 0.407 e. The fraction of sp³-hybridized carbons (Fsp3) is 0.286. The van der Waals surface area contributed by atoms with Crippen molar-refractivity contribution in [1.29, 1.82) is 0 Å². The molecule has 120 valence electrons. The highest BCUT2D eigenvalue weighted by Crippen LogP contribution is 2.25. The minimum absolute atomic E-state index is 0.0170. The zero-order chi connectivity index (χ0) is 16.7. The van der Waals surface area contributed by atoms with E-state index in [0.717, 1.165) is 4.90 Å². The van der Waals surface area contributed by atoms with Crippen LogP contribution in [0.5, 0.6) is 0 Å². The largest absolute Gasteiger partial charge is 0.465 e.